The maximum Gasteiger partial charge on any atom is 0.0299 e. The van der Waals surface area contributed by atoms with Crippen LogP contribution >= 0.6 is 11.3 Å². The topological polar surface area (TPSA) is 12.0 Å². The fraction of sp³-hybridized carbons (Fsp3) is 0.600. The highest BCUT2D eigenvalue weighted by Gasteiger charge is 1.97. The molecule has 0 spiro atoms. The molecule has 1 heterocycles. The Morgan fingerprint density at radius 1 is 1.58 bits per heavy atom. The van der Waals surface area contributed by atoms with E-state index in [9.17, 15) is 0 Å². The molecule has 0 fully saturated rings. The zero-order valence-electron chi connectivity index (χ0n) is 7.84. The Balaban J connectivity index is 2.11. The third-order valence-electron chi connectivity index (χ3n) is 2.07. The monoisotopic (exact) mass is 183 g/mol. The molecule has 2 heteroatoms. The van der Waals surface area contributed by atoms with E-state index in [1.165, 1.54) is 11.3 Å². The Labute approximate surface area is 78.8 Å². The highest BCUT2D eigenvalue weighted by molar-refractivity contribution is 7.09. The maximum atomic E-state index is 3.45. The number of rotatable bonds is 5. The normalized spacial score (nSPS) is 13.2. The highest BCUT2D eigenvalue weighted by atomic mass is 32.1. The van der Waals surface area contributed by atoms with Crippen LogP contribution in [0, 0.1) is 5.92 Å². The summed E-state index contributed by atoms with van der Waals surface area (Å²) in [5.41, 5.74) is 0. The van der Waals surface area contributed by atoms with Gasteiger partial charge in [0.15, 0.2) is 0 Å². The molecule has 0 amide bonds. The van der Waals surface area contributed by atoms with E-state index in [0.29, 0.717) is 0 Å². The van der Waals surface area contributed by atoms with Crippen molar-refractivity contribution in [2.24, 2.45) is 5.92 Å². The van der Waals surface area contributed by atoms with Crippen LogP contribution in [0.3, 0.4) is 0 Å². The van der Waals surface area contributed by atoms with Crippen molar-refractivity contribution >= 4 is 11.3 Å². The van der Waals surface area contributed by atoms with Gasteiger partial charge in [-0.05, 0) is 23.9 Å². The van der Waals surface area contributed by atoms with Crippen LogP contribution in [0.25, 0.3) is 0 Å². The standard InChI is InChI=1S/C10H17NS/c1-3-9(2)7-11-8-10-5-4-6-12-10/h4-6,9,11H,3,7-8H2,1-2H3/t9-/m0/s1. The molecule has 1 aromatic rings. The van der Waals surface area contributed by atoms with Gasteiger partial charge in [-0.15, -0.1) is 11.3 Å². The molecule has 0 saturated heterocycles. The lowest BCUT2D eigenvalue weighted by atomic mass is 10.1. The molecule has 1 N–H and O–H groups in total. The van der Waals surface area contributed by atoms with Crippen molar-refractivity contribution in [3.63, 3.8) is 0 Å². The lowest BCUT2D eigenvalue weighted by Gasteiger charge is -2.08. The molecule has 0 unspecified atom stereocenters. The molecule has 0 aromatic carbocycles. The zero-order chi connectivity index (χ0) is 8.81. The summed E-state index contributed by atoms with van der Waals surface area (Å²) in [6.07, 6.45) is 1.26. The van der Waals surface area contributed by atoms with Crippen LogP contribution in [0.4, 0.5) is 0 Å². The Morgan fingerprint density at radius 3 is 3.00 bits per heavy atom. The first kappa shape index (κ1) is 9.75. The Morgan fingerprint density at radius 2 is 2.42 bits per heavy atom. The molecular weight excluding hydrogens is 166 g/mol. The quantitative estimate of drug-likeness (QED) is 0.740. The second-order valence-electron chi connectivity index (χ2n) is 3.22. The van der Waals surface area contributed by atoms with E-state index in [2.05, 4.69) is 36.7 Å². The summed E-state index contributed by atoms with van der Waals surface area (Å²) in [6.45, 7) is 6.68. The minimum Gasteiger partial charge on any atom is -0.312 e. The number of thiophene rings is 1. The van der Waals surface area contributed by atoms with E-state index >= 15 is 0 Å². The average Bonchev–Trinajstić information content (AvgIpc) is 2.57. The largest absolute Gasteiger partial charge is 0.312 e. The van der Waals surface area contributed by atoms with Crippen LogP contribution in [-0.4, -0.2) is 6.54 Å². The molecule has 12 heavy (non-hydrogen) atoms. The lowest BCUT2D eigenvalue weighted by molar-refractivity contribution is 0.501. The van der Waals surface area contributed by atoms with Crippen molar-refractivity contribution in [2.75, 3.05) is 6.54 Å². The Hall–Kier alpha value is -0.340. The summed E-state index contributed by atoms with van der Waals surface area (Å²) < 4.78 is 0. The Kier molecular flexibility index (Phi) is 4.33. The van der Waals surface area contributed by atoms with Gasteiger partial charge in [0.25, 0.3) is 0 Å². The first-order valence-corrected chi connectivity index (χ1v) is 5.44. The van der Waals surface area contributed by atoms with E-state index in [0.717, 1.165) is 19.0 Å². The Bertz CT molecular complexity index is 194. The zero-order valence-corrected chi connectivity index (χ0v) is 8.66. The van der Waals surface area contributed by atoms with Gasteiger partial charge in [-0.2, -0.15) is 0 Å². The van der Waals surface area contributed by atoms with Crippen LogP contribution in [0.2, 0.25) is 0 Å². The smallest absolute Gasteiger partial charge is 0.0299 e. The van der Waals surface area contributed by atoms with E-state index in [1.54, 1.807) is 0 Å². The van der Waals surface area contributed by atoms with Gasteiger partial charge in [-0.1, -0.05) is 26.3 Å². The van der Waals surface area contributed by atoms with Crippen molar-refractivity contribution in [3.05, 3.63) is 22.4 Å². The van der Waals surface area contributed by atoms with Crippen LogP contribution in [-0.2, 0) is 6.54 Å². The highest BCUT2D eigenvalue weighted by Crippen LogP contribution is 2.07. The molecule has 0 saturated carbocycles. The first-order chi connectivity index (χ1) is 5.83. The molecule has 68 valence electrons. The maximum absolute atomic E-state index is 3.45. The summed E-state index contributed by atoms with van der Waals surface area (Å²) in [5, 5.41) is 5.57. The SMILES string of the molecule is CC[C@H](C)CNCc1cccs1. The molecule has 1 aromatic heterocycles. The summed E-state index contributed by atoms with van der Waals surface area (Å²) in [6, 6.07) is 4.28. The lowest BCUT2D eigenvalue weighted by Crippen LogP contribution is -2.19. The van der Waals surface area contributed by atoms with Gasteiger partial charge in [-0.3, -0.25) is 0 Å². The van der Waals surface area contributed by atoms with E-state index < -0.39 is 0 Å². The summed E-state index contributed by atoms with van der Waals surface area (Å²) in [5.74, 6) is 0.796. The fourth-order valence-corrected chi connectivity index (χ4v) is 1.67. The van der Waals surface area contributed by atoms with Gasteiger partial charge >= 0.3 is 0 Å². The van der Waals surface area contributed by atoms with Crippen molar-refractivity contribution in [1.82, 2.24) is 5.32 Å². The van der Waals surface area contributed by atoms with E-state index in [1.807, 2.05) is 11.3 Å². The number of hydrogen-bond acceptors (Lipinski definition) is 2. The second-order valence-corrected chi connectivity index (χ2v) is 4.26. The average molecular weight is 183 g/mol. The second kappa shape index (κ2) is 5.33. The first-order valence-electron chi connectivity index (χ1n) is 4.56. The fourth-order valence-electron chi connectivity index (χ4n) is 0.999. The van der Waals surface area contributed by atoms with Gasteiger partial charge in [0.05, 0.1) is 0 Å². The van der Waals surface area contributed by atoms with Crippen molar-refractivity contribution in [2.45, 2.75) is 26.8 Å². The molecule has 0 aliphatic rings. The molecule has 0 radical (unpaired) electrons. The molecular formula is C10H17NS. The summed E-state index contributed by atoms with van der Waals surface area (Å²) in [4.78, 5) is 1.43. The van der Waals surface area contributed by atoms with Crippen LogP contribution in [0.15, 0.2) is 17.5 Å². The summed E-state index contributed by atoms with van der Waals surface area (Å²) in [7, 11) is 0. The molecule has 1 atom stereocenters. The van der Waals surface area contributed by atoms with Crippen LogP contribution in [0.5, 0.6) is 0 Å². The minimum absolute atomic E-state index is 0.796. The van der Waals surface area contributed by atoms with Crippen LogP contribution < -0.4 is 5.32 Å². The number of nitrogens with one attached hydrogen (secondary N) is 1. The predicted molar refractivity (Wildman–Crippen MR) is 55.5 cm³/mol. The van der Waals surface area contributed by atoms with Crippen LogP contribution in [0.1, 0.15) is 25.1 Å². The minimum atomic E-state index is 0.796. The predicted octanol–water partition coefficient (Wildman–Crippen LogP) is 2.88. The molecule has 0 aliphatic carbocycles. The van der Waals surface area contributed by atoms with Gasteiger partial charge in [0.1, 0.15) is 0 Å². The van der Waals surface area contributed by atoms with Gasteiger partial charge in [0.2, 0.25) is 0 Å². The number of hydrogen-bond donors (Lipinski definition) is 1. The van der Waals surface area contributed by atoms with Gasteiger partial charge in [0, 0.05) is 11.4 Å². The summed E-state index contributed by atoms with van der Waals surface area (Å²) >= 11 is 1.82. The van der Waals surface area contributed by atoms with E-state index in [4.69, 9.17) is 0 Å². The van der Waals surface area contributed by atoms with E-state index in [-0.39, 0.29) is 0 Å². The molecule has 0 aliphatic heterocycles. The van der Waals surface area contributed by atoms with Crippen molar-refractivity contribution in [1.29, 1.82) is 0 Å². The molecule has 0 bridgehead atoms. The van der Waals surface area contributed by atoms with Crippen molar-refractivity contribution < 1.29 is 0 Å². The van der Waals surface area contributed by atoms with Crippen molar-refractivity contribution in [3.8, 4) is 0 Å². The van der Waals surface area contributed by atoms with Gasteiger partial charge < -0.3 is 5.32 Å². The molecule has 1 rings (SSSR count). The molecule has 1 nitrogen and oxygen atoms in total. The third-order valence-corrected chi connectivity index (χ3v) is 2.95. The van der Waals surface area contributed by atoms with Gasteiger partial charge in [-0.25, -0.2) is 0 Å². The third kappa shape index (κ3) is 3.37.